The van der Waals surface area contributed by atoms with Crippen molar-refractivity contribution in [3.05, 3.63) is 29.8 Å². The topological polar surface area (TPSA) is 35.2 Å². The molecule has 1 fully saturated rings. The van der Waals surface area contributed by atoms with Crippen LogP contribution in [0.2, 0.25) is 0 Å². The van der Waals surface area contributed by atoms with Crippen molar-refractivity contribution in [2.75, 3.05) is 6.61 Å². The van der Waals surface area contributed by atoms with Crippen molar-refractivity contribution in [3.63, 3.8) is 0 Å². The zero-order valence-electron chi connectivity index (χ0n) is 10.9. The van der Waals surface area contributed by atoms with E-state index in [1.165, 1.54) is 31.2 Å². The molecular weight excluding hydrogens is 210 g/mol. The average molecular weight is 233 g/mol. The number of hydrogen-bond acceptors (Lipinski definition) is 2. The van der Waals surface area contributed by atoms with E-state index in [-0.39, 0.29) is 11.5 Å². The molecule has 0 radical (unpaired) electrons. The van der Waals surface area contributed by atoms with Gasteiger partial charge in [-0.05, 0) is 42.9 Å². The van der Waals surface area contributed by atoms with Crippen LogP contribution in [0.5, 0.6) is 5.75 Å². The number of hydrogen-bond donors (Lipinski definition) is 1. The van der Waals surface area contributed by atoms with E-state index in [2.05, 4.69) is 19.1 Å². The Bertz CT molecular complexity index is 369. The van der Waals surface area contributed by atoms with Gasteiger partial charge in [0.25, 0.3) is 0 Å². The summed E-state index contributed by atoms with van der Waals surface area (Å²) in [7, 11) is 0. The van der Waals surface area contributed by atoms with Gasteiger partial charge < -0.3 is 10.5 Å². The highest BCUT2D eigenvalue weighted by Crippen LogP contribution is 2.46. The minimum atomic E-state index is 0.130. The van der Waals surface area contributed by atoms with Crippen LogP contribution in [0.15, 0.2) is 24.3 Å². The smallest absolute Gasteiger partial charge is 0.119 e. The molecule has 0 aromatic heterocycles. The third kappa shape index (κ3) is 2.63. The molecule has 2 heteroatoms. The summed E-state index contributed by atoms with van der Waals surface area (Å²) in [6.45, 7) is 5.03. The normalized spacial score (nSPS) is 20.2. The van der Waals surface area contributed by atoms with E-state index in [1.807, 2.05) is 19.1 Å². The first-order valence-electron chi connectivity index (χ1n) is 6.64. The van der Waals surface area contributed by atoms with Crippen LogP contribution in [0.4, 0.5) is 0 Å². The van der Waals surface area contributed by atoms with Gasteiger partial charge in [-0.2, -0.15) is 0 Å². The van der Waals surface area contributed by atoms with E-state index in [4.69, 9.17) is 10.5 Å². The lowest BCUT2D eigenvalue weighted by atomic mass is 9.78. The summed E-state index contributed by atoms with van der Waals surface area (Å²) in [6.07, 6.45) is 5.12. The summed E-state index contributed by atoms with van der Waals surface area (Å²) >= 11 is 0. The second-order valence-electron chi connectivity index (χ2n) is 5.34. The van der Waals surface area contributed by atoms with Gasteiger partial charge in [-0.15, -0.1) is 0 Å². The van der Waals surface area contributed by atoms with Gasteiger partial charge in [-0.25, -0.2) is 0 Å². The Labute approximate surface area is 104 Å². The quantitative estimate of drug-likeness (QED) is 0.861. The van der Waals surface area contributed by atoms with E-state index < -0.39 is 0 Å². The molecule has 0 amide bonds. The summed E-state index contributed by atoms with van der Waals surface area (Å²) in [4.78, 5) is 0. The summed E-state index contributed by atoms with van der Waals surface area (Å²) in [6, 6.07) is 8.38. The molecule has 1 unspecified atom stereocenters. The monoisotopic (exact) mass is 233 g/mol. The van der Waals surface area contributed by atoms with Gasteiger partial charge in [0.1, 0.15) is 5.75 Å². The van der Waals surface area contributed by atoms with E-state index in [0.29, 0.717) is 6.61 Å². The Hall–Kier alpha value is -1.02. The Kier molecular flexibility index (Phi) is 3.72. The molecular formula is C15H23NO. The minimum Gasteiger partial charge on any atom is -0.494 e. The van der Waals surface area contributed by atoms with Crippen molar-refractivity contribution in [2.45, 2.75) is 45.6 Å². The first-order valence-corrected chi connectivity index (χ1v) is 6.64. The second-order valence-corrected chi connectivity index (χ2v) is 5.34. The van der Waals surface area contributed by atoms with Gasteiger partial charge in [-0.1, -0.05) is 31.9 Å². The first kappa shape index (κ1) is 12.4. The van der Waals surface area contributed by atoms with Gasteiger partial charge in [-0.3, -0.25) is 0 Å². The lowest BCUT2D eigenvalue weighted by Crippen LogP contribution is -2.29. The highest BCUT2D eigenvalue weighted by Gasteiger charge is 2.35. The predicted octanol–water partition coefficient (Wildman–Crippen LogP) is 3.67. The van der Waals surface area contributed by atoms with Gasteiger partial charge >= 0.3 is 0 Å². The Morgan fingerprint density at radius 2 is 2.06 bits per heavy atom. The van der Waals surface area contributed by atoms with Crippen molar-refractivity contribution in [2.24, 2.45) is 11.1 Å². The van der Waals surface area contributed by atoms with E-state index in [1.54, 1.807) is 0 Å². The Balaban J connectivity index is 2.18. The molecule has 2 N–H and O–H groups in total. The number of ether oxygens (including phenoxy) is 1. The maximum absolute atomic E-state index is 6.44. The first-order chi connectivity index (χ1) is 8.15. The van der Waals surface area contributed by atoms with Crippen molar-refractivity contribution in [1.29, 1.82) is 0 Å². The molecule has 0 saturated heterocycles. The zero-order valence-corrected chi connectivity index (χ0v) is 10.9. The van der Waals surface area contributed by atoms with E-state index in [9.17, 15) is 0 Å². The molecule has 1 aromatic rings. The fourth-order valence-electron chi connectivity index (χ4n) is 2.86. The lowest BCUT2D eigenvalue weighted by Gasteiger charge is -2.31. The van der Waals surface area contributed by atoms with Crippen molar-refractivity contribution in [1.82, 2.24) is 0 Å². The van der Waals surface area contributed by atoms with Gasteiger partial charge in [0.2, 0.25) is 0 Å². The summed E-state index contributed by atoms with van der Waals surface area (Å²) in [5, 5.41) is 0. The van der Waals surface area contributed by atoms with Gasteiger partial charge in [0.05, 0.1) is 6.61 Å². The molecule has 0 heterocycles. The van der Waals surface area contributed by atoms with Crippen LogP contribution in [0.3, 0.4) is 0 Å². The second kappa shape index (κ2) is 5.09. The number of benzene rings is 1. The maximum Gasteiger partial charge on any atom is 0.119 e. The molecule has 2 rings (SSSR count). The fraction of sp³-hybridized carbons (Fsp3) is 0.600. The molecule has 1 saturated carbocycles. The highest BCUT2D eigenvalue weighted by molar-refractivity contribution is 5.31. The van der Waals surface area contributed by atoms with Crippen LogP contribution in [0.25, 0.3) is 0 Å². The third-order valence-electron chi connectivity index (χ3n) is 4.02. The molecule has 0 bridgehead atoms. The molecule has 2 nitrogen and oxygen atoms in total. The van der Waals surface area contributed by atoms with Crippen LogP contribution in [-0.2, 0) is 0 Å². The molecule has 0 spiro atoms. The lowest BCUT2D eigenvalue weighted by molar-refractivity contribution is 0.264. The van der Waals surface area contributed by atoms with E-state index >= 15 is 0 Å². The molecule has 17 heavy (non-hydrogen) atoms. The molecule has 1 aromatic carbocycles. The maximum atomic E-state index is 6.44. The largest absolute Gasteiger partial charge is 0.494 e. The van der Waals surface area contributed by atoms with Crippen LogP contribution >= 0.6 is 0 Å². The summed E-state index contributed by atoms with van der Waals surface area (Å²) in [5.41, 5.74) is 7.92. The Morgan fingerprint density at radius 1 is 1.35 bits per heavy atom. The average Bonchev–Trinajstić information content (AvgIpc) is 2.77. The SMILES string of the molecule is CCOc1cccc(C(N)C2(C)CCCC2)c1. The zero-order chi connectivity index (χ0) is 12.3. The van der Waals surface area contributed by atoms with Crippen LogP contribution in [0, 0.1) is 5.41 Å². The minimum absolute atomic E-state index is 0.130. The molecule has 1 atom stereocenters. The predicted molar refractivity (Wildman–Crippen MR) is 71.1 cm³/mol. The van der Waals surface area contributed by atoms with Crippen LogP contribution in [-0.4, -0.2) is 6.61 Å². The van der Waals surface area contributed by atoms with Crippen molar-refractivity contribution >= 4 is 0 Å². The molecule has 0 aliphatic heterocycles. The number of rotatable bonds is 4. The summed E-state index contributed by atoms with van der Waals surface area (Å²) < 4.78 is 5.54. The highest BCUT2D eigenvalue weighted by atomic mass is 16.5. The third-order valence-corrected chi connectivity index (χ3v) is 4.02. The molecule has 1 aliphatic carbocycles. The Morgan fingerprint density at radius 3 is 2.71 bits per heavy atom. The van der Waals surface area contributed by atoms with E-state index in [0.717, 1.165) is 5.75 Å². The molecule has 94 valence electrons. The number of nitrogens with two attached hydrogens (primary N) is 1. The van der Waals surface area contributed by atoms with Crippen molar-refractivity contribution < 1.29 is 4.74 Å². The van der Waals surface area contributed by atoms with Crippen molar-refractivity contribution in [3.8, 4) is 5.75 Å². The van der Waals surface area contributed by atoms with Gasteiger partial charge in [0.15, 0.2) is 0 Å². The van der Waals surface area contributed by atoms with Gasteiger partial charge in [0, 0.05) is 6.04 Å². The standard InChI is InChI=1S/C15H23NO/c1-3-17-13-8-6-7-12(11-13)14(16)15(2)9-4-5-10-15/h6-8,11,14H,3-5,9-10,16H2,1-2H3. The van der Waals surface area contributed by atoms with Crippen LogP contribution < -0.4 is 10.5 Å². The fourth-order valence-corrected chi connectivity index (χ4v) is 2.86. The van der Waals surface area contributed by atoms with Crippen LogP contribution in [0.1, 0.15) is 51.1 Å². The summed E-state index contributed by atoms with van der Waals surface area (Å²) in [5.74, 6) is 0.932. The molecule has 1 aliphatic rings.